The predicted octanol–water partition coefficient (Wildman–Crippen LogP) is 3.36. The van der Waals surface area contributed by atoms with Crippen molar-refractivity contribution < 1.29 is 0 Å². The Hall–Kier alpha value is -0.860. The second kappa shape index (κ2) is 9.11. The van der Waals surface area contributed by atoms with Crippen LogP contribution in [-0.2, 0) is 0 Å². The van der Waals surface area contributed by atoms with Gasteiger partial charge in [0.25, 0.3) is 0 Å². The van der Waals surface area contributed by atoms with Gasteiger partial charge >= 0.3 is 0 Å². The molecule has 2 atom stereocenters. The molecule has 0 spiro atoms. The monoisotopic (exact) mass is 262 g/mol. The van der Waals surface area contributed by atoms with Gasteiger partial charge in [-0.1, -0.05) is 50.6 Å². The Balaban J connectivity index is 2.43. The van der Waals surface area contributed by atoms with Gasteiger partial charge < -0.3 is 10.2 Å². The van der Waals surface area contributed by atoms with Crippen LogP contribution in [0, 0.1) is 5.92 Å². The molecule has 0 aliphatic heterocycles. The minimum atomic E-state index is 0.630. The fourth-order valence-corrected chi connectivity index (χ4v) is 2.41. The van der Waals surface area contributed by atoms with Gasteiger partial charge in [0.05, 0.1) is 0 Å². The lowest BCUT2D eigenvalue weighted by atomic mass is 9.85. The predicted molar refractivity (Wildman–Crippen MR) is 84.7 cm³/mol. The van der Waals surface area contributed by atoms with Crippen LogP contribution in [0.2, 0.25) is 0 Å². The third kappa shape index (κ3) is 6.22. The highest BCUT2D eigenvalue weighted by Crippen LogP contribution is 2.25. The molecule has 2 heteroatoms. The maximum atomic E-state index is 3.63. The molecule has 1 aromatic carbocycles. The van der Waals surface area contributed by atoms with Gasteiger partial charge in [-0.2, -0.15) is 0 Å². The molecule has 1 rings (SSSR count). The maximum absolute atomic E-state index is 3.63. The van der Waals surface area contributed by atoms with Crippen molar-refractivity contribution >= 4 is 0 Å². The van der Waals surface area contributed by atoms with Gasteiger partial charge in [0, 0.05) is 6.54 Å². The van der Waals surface area contributed by atoms with Crippen LogP contribution < -0.4 is 5.32 Å². The summed E-state index contributed by atoms with van der Waals surface area (Å²) < 4.78 is 0. The first-order valence-electron chi connectivity index (χ1n) is 7.55. The van der Waals surface area contributed by atoms with Gasteiger partial charge in [0.15, 0.2) is 0 Å². The van der Waals surface area contributed by atoms with E-state index in [0.29, 0.717) is 5.92 Å². The number of hydrogen-bond acceptors (Lipinski definition) is 2. The summed E-state index contributed by atoms with van der Waals surface area (Å²) in [6.45, 7) is 8.00. The van der Waals surface area contributed by atoms with E-state index in [4.69, 9.17) is 0 Å². The zero-order valence-electron chi connectivity index (χ0n) is 13.0. The topological polar surface area (TPSA) is 15.3 Å². The van der Waals surface area contributed by atoms with Crippen molar-refractivity contribution in [1.82, 2.24) is 10.2 Å². The third-order valence-corrected chi connectivity index (χ3v) is 3.88. The van der Waals surface area contributed by atoms with Crippen LogP contribution in [0.25, 0.3) is 0 Å². The molecule has 2 nitrogen and oxygen atoms in total. The molecule has 0 saturated heterocycles. The van der Waals surface area contributed by atoms with Gasteiger partial charge in [-0.3, -0.25) is 0 Å². The van der Waals surface area contributed by atoms with E-state index in [1.54, 1.807) is 0 Å². The molecular weight excluding hydrogens is 232 g/mol. The van der Waals surface area contributed by atoms with E-state index in [9.17, 15) is 0 Å². The van der Waals surface area contributed by atoms with E-state index in [0.717, 1.165) is 25.6 Å². The minimum Gasteiger partial charge on any atom is -0.316 e. The molecule has 0 aromatic heterocycles. The molecule has 0 saturated carbocycles. The van der Waals surface area contributed by atoms with Crippen molar-refractivity contribution in [2.45, 2.75) is 32.6 Å². The highest BCUT2D eigenvalue weighted by atomic mass is 15.1. The van der Waals surface area contributed by atoms with Crippen LogP contribution in [0.1, 0.15) is 38.2 Å². The normalized spacial score (nSPS) is 14.6. The summed E-state index contributed by atoms with van der Waals surface area (Å²) in [6, 6.07) is 10.9. The summed E-state index contributed by atoms with van der Waals surface area (Å²) in [5.41, 5.74) is 1.47. The first kappa shape index (κ1) is 16.2. The molecule has 0 aliphatic carbocycles. The van der Waals surface area contributed by atoms with Crippen LogP contribution >= 0.6 is 0 Å². The van der Waals surface area contributed by atoms with Crippen LogP contribution in [0.4, 0.5) is 0 Å². The molecule has 0 bridgehead atoms. The fourth-order valence-electron chi connectivity index (χ4n) is 2.41. The van der Waals surface area contributed by atoms with Crippen molar-refractivity contribution in [3.8, 4) is 0 Å². The second-order valence-corrected chi connectivity index (χ2v) is 5.76. The molecule has 0 amide bonds. The van der Waals surface area contributed by atoms with E-state index in [1.165, 1.54) is 18.4 Å². The quantitative estimate of drug-likeness (QED) is 0.687. The van der Waals surface area contributed by atoms with Crippen molar-refractivity contribution in [1.29, 1.82) is 0 Å². The standard InChI is InChI=1S/C17H30N2/c1-5-15(2)17(16-10-7-6-8-11-16)14-18-12-9-13-19(3)4/h6-8,10-11,15,17-18H,5,9,12-14H2,1-4H3. The van der Waals surface area contributed by atoms with E-state index in [1.807, 2.05) is 0 Å². The number of hydrogen-bond donors (Lipinski definition) is 1. The lowest BCUT2D eigenvalue weighted by Crippen LogP contribution is -2.28. The molecule has 0 fully saturated rings. The average molecular weight is 262 g/mol. The first-order valence-corrected chi connectivity index (χ1v) is 7.55. The van der Waals surface area contributed by atoms with Crippen LogP contribution in [-0.4, -0.2) is 38.6 Å². The van der Waals surface area contributed by atoms with Gasteiger partial charge in [-0.05, 0) is 51.0 Å². The smallest absolute Gasteiger partial charge is 0.00227 e. The molecule has 1 aromatic rings. The summed E-state index contributed by atoms with van der Waals surface area (Å²) in [4.78, 5) is 2.24. The molecule has 19 heavy (non-hydrogen) atoms. The van der Waals surface area contributed by atoms with Gasteiger partial charge in [0.1, 0.15) is 0 Å². The van der Waals surface area contributed by atoms with Crippen LogP contribution in [0.3, 0.4) is 0 Å². The van der Waals surface area contributed by atoms with Crippen molar-refractivity contribution in [3.05, 3.63) is 35.9 Å². The van der Waals surface area contributed by atoms with Gasteiger partial charge in [0.2, 0.25) is 0 Å². The lowest BCUT2D eigenvalue weighted by Gasteiger charge is -2.24. The number of rotatable bonds is 9. The molecule has 2 unspecified atom stereocenters. The molecular formula is C17H30N2. The Morgan fingerprint density at radius 2 is 1.84 bits per heavy atom. The Bertz CT molecular complexity index is 321. The molecule has 0 aliphatic rings. The Kier molecular flexibility index (Phi) is 7.76. The molecule has 0 radical (unpaired) electrons. The van der Waals surface area contributed by atoms with Crippen LogP contribution in [0.5, 0.6) is 0 Å². The first-order chi connectivity index (χ1) is 9.15. The maximum Gasteiger partial charge on any atom is 0.00227 e. The third-order valence-electron chi connectivity index (χ3n) is 3.88. The Morgan fingerprint density at radius 1 is 1.16 bits per heavy atom. The highest BCUT2D eigenvalue weighted by molar-refractivity contribution is 5.20. The Morgan fingerprint density at radius 3 is 2.42 bits per heavy atom. The van der Waals surface area contributed by atoms with Gasteiger partial charge in [-0.15, -0.1) is 0 Å². The SMILES string of the molecule is CCC(C)C(CNCCCN(C)C)c1ccccc1. The second-order valence-electron chi connectivity index (χ2n) is 5.76. The van der Waals surface area contributed by atoms with Crippen molar-refractivity contribution in [2.75, 3.05) is 33.7 Å². The summed E-state index contributed by atoms with van der Waals surface area (Å²) in [5, 5.41) is 3.63. The largest absolute Gasteiger partial charge is 0.316 e. The fraction of sp³-hybridized carbons (Fsp3) is 0.647. The van der Waals surface area contributed by atoms with E-state index < -0.39 is 0 Å². The van der Waals surface area contributed by atoms with Crippen molar-refractivity contribution in [2.24, 2.45) is 5.92 Å². The van der Waals surface area contributed by atoms with E-state index in [-0.39, 0.29) is 0 Å². The summed E-state index contributed by atoms with van der Waals surface area (Å²) in [6.07, 6.45) is 2.45. The van der Waals surface area contributed by atoms with Crippen molar-refractivity contribution in [3.63, 3.8) is 0 Å². The lowest BCUT2D eigenvalue weighted by molar-refractivity contribution is 0.381. The molecule has 0 heterocycles. The summed E-state index contributed by atoms with van der Waals surface area (Å²) in [7, 11) is 4.26. The average Bonchev–Trinajstić information content (AvgIpc) is 2.42. The van der Waals surface area contributed by atoms with Crippen LogP contribution in [0.15, 0.2) is 30.3 Å². The summed E-state index contributed by atoms with van der Waals surface area (Å²) >= 11 is 0. The minimum absolute atomic E-state index is 0.630. The van der Waals surface area contributed by atoms with Gasteiger partial charge in [-0.25, -0.2) is 0 Å². The molecule has 1 N–H and O–H groups in total. The Labute approximate surface area is 119 Å². The zero-order valence-corrected chi connectivity index (χ0v) is 13.0. The van der Waals surface area contributed by atoms with E-state index >= 15 is 0 Å². The van der Waals surface area contributed by atoms with E-state index in [2.05, 4.69) is 68.5 Å². The number of nitrogens with zero attached hydrogens (tertiary/aromatic N) is 1. The molecule has 108 valence electrons. The summed E-state index contributed by atoms with van der Waals surface area (Å²) in [5.74, 6) is 1.36. The number of benzene rings is 1. The number of nitrogens with one attached hydrogen (secondary N) is 1. The zero-order chi connectivity index (χ0) is 14.1. The highest BCUT2D eigenvalue weighted by Gasteiger charge is 2.17.